The average Bonchev–Trinajstić information content (AvgIpc) is 2.90. The maximum atomic E-state index is 12.0. The molecule has 7 nitrogen and oxygen atoms in total. The predicted octanol–water partition coefficient (Wildman–Crippen LogP) is -0.0947. The summed E-state index contributed by atoms with van der Waals surface area (Å²) in [5, 5.41) is 11.0. The van der Waals surface area contributed by atoms with E-state index in [9.17, 15) is 19.5 Å². The molecule has 2 N–H and O–H groups in total. The van der Waals surface area contributed by atoms with Crippen LogP contribution >= 0.6 is 0 Å². The number of aryl methyl sites for hydroxylation is 1. The van der Waals surface area contributed by atoms with Gasteiger partial charge in [0, 0.05) is 17.8 Å². The van der Waals surface area contributed by atoms with Crippen molar-refractivity contribution in [2.75, 3.05) is 0 Å². The van der Waals surface area contributed by atoms with Crippen LogP contribution in [0, 0.1) is 18.8 Å². The molecule has 1 fully saturated rings. The predicted molar refractivity (Wildman–Crippen MR) is 69.5 cm³/mol. The highest BCUT2D eigenvalue weighted by atomic mass is 16.4. The molecule has 0 radical (unpaired) electrons. The van der Waals surface area contributed by atoms with Crippen LogP contribution in [0.3, 0.4) is 0 Å². The lowest BCUT2D eigenvalue weighted by molar-refractivity contribution is -0.314. The number of carbonyl (C=O) groups is 3. The van der Waals surface area contributed by atoms with Gasteiger partial charge < -0.3 is 14.3 Å². The number of nitrogens with one attached hydrogen (secondary N) is 2. The zero-order valence-corrected chi connectivity index (χ0v) is 11.7. The molecule has 1 aromatic rings. The van der Waals surface area contributed by atoms with Crippen molar-refractivity contribution in [3.05, 3.63) is 23.7 Å². The van der Waals surface area contributed by atoms with Gasteiger partial charge in [-0.3, -0.25) is 20.4 Å². The molecule has 1 saturated carbocycles. The van der Waals surface area contributed by atoms with Gasteiger partial charge in [0.15, 0.2) is 0 Å². The fourth-order valence-corrected chi connectivity index (χ4v) is 2.63. The van der Waals surface area contributed by atoms with Gasteiger partial charge in [-0.2, -0.15) is 0 Å². The first-order valence-electron chi connectivity index (χ1n) is 6.86. The van der Waals surface area contributed by atoms with Crippen LogP contribution in [0.2, 0.25) is 0 Å². The third kappa shape index (κ3) is 3.42. The maximum absolute atomic E-state index is 12.0. The van der Waals surface area contributed by atoms with Crippen molar-refractivity contribution in [3.8, 4) is 0 Å². The van der Waals surface area contributed by atoms with Crippen molar-refractivity contribution in [2.45, 2.75) is 32.6 Å². The topological polar surface area (TPSA) is 111 Å². The second-order valence-electron chi connectivity index (χ2n) is 5.15. The molecule has 0 unspecified atom stereocenters. The molecule has 114 valence electrons. The third-order valence-electron chi connectivity index (χ3n) is 3.81. The molecule has 0 bridgehead atoms. The molecule has 21 heavy (non-hydrogen) atoms. The Kier molecular flexibility index (Phi) is 4.62. The van der Waals surface area contributed by atoms with E-state index < -0.39 is 29.6 Å². The van der Waals surface area contributed by atoms with Crippen molar-refractivity contribution in [3.63, 3.8) is 0 Å². The zero-order chi connectivity index (χ0) is 15.4. The first-order chi connectivity index (χ1) is 10.0. The van der Waals surface area contributed by atoms with Crippen molar-refractivity contribution in [2.24, 2.45) is 11.8 Å². The molecule has 7 heteroatoms. The highest BCUT2D eigenvalue weighted by Crippen LogP contribution is 2.29. The molecule has 1 aromatic heterocycles. The van der Waals surface area contributed by atoms with Crippen LogP contribution < -0.4 is 16.0 Å². The Balaban J connectivity index is 1.93. The zero-order valence-electron chi connectivity index (χ0n) is 11.7. The van der Waals surface area contributed by atoms with Gasteiger partial charge in [-0.1, -0.05) is 12.8 Å². The number of hydrogen-bond donors (Lipinski definition) is 2. The quantitative estimate of drug-likeness (QED) is 0.756. The number of rotatable bonds is 3. The minimum absolute atomic E-state index is 0.315. The summed E-state index contributed by atoms with van der Waals surface area (Å²) < 4.78 is 5.00. The molecule has 2 atom stereocenters. The summed E-state index contributed by atoms with van der Waals surface area (Å²) in [5.41, 5.74) is 4.87. The molecule has 1 aliphatic carbocycles. The molecule has 2 rings (SSSR count). The van der Waals surface area contributed by atoms with Crippen LogP contribution in [0.1, 0.15) is 41.8 Å². The van der Waals surface area contributed by atoms with E-state index in [1.165, 1.54) is 12.3 Å². The highest BCUT2D eigenvalue weighted by Gasteiger charge is 2.32. The normalized spacial score (nSPS) is 21.6. The second-order valence-corrected chi connectivity index (χ2v) is 5.15. The van der Waals surface area contributed by atoms with E-state index >= 15 is 0 Å². The van der Waals surface area contributed by atoms with E-state index in [1.807, 2.05) is 0 Å². The Morgan fingerprint density at radius 2 is 1.86 bits per heavy atom. The summed E-state index contributed by atoms with van der Waals surface area (Å²) >= 11 is 0. The summed E-state index contributed by atoms with van der Waals surface area (Å²) in [5.74, 6) is -3.26. The van der Waals surface area contributed by atoms with Crippen molar-refractivity contribution in [1.82, 2.24) is 10.9 Å². The molecule has 1 aliphatic rings. The van der Waals surface area contributed by atoms with Crippen molar-refractivity contribution >= 4 is 17.8 Å². The van der Waals surface area contributed by atoms with Gasteiger partial charge in [0.05, 0.1) is 11.8 Å². The number of carboxylic acids is 1. The molecule has 2 amide bonds. The number of carbonyl (C=O) groups excluding carboxylic acids is 3. The lowest BCUT2D eigenvalue weighted by atomic mass is 9.79. The lowest BCUT2D eigenvalue weighted by Crippen LogP contribution is -2.49. The number of hydrogen-bond acceptors (Lipinski definition) is 5. The number of hydrazine groups is 1. The van der Waals surface area contributed by atoms with E-state index in [0.717, 1.165) is 12.8 Å². The van der Waals surface area contributed by atoms with Gasteiger partial charge in [0.1, 0.15) is 5.76 Å². The van der Waals surface area contributed by atoms with E-state index in [2.05, 4.69) is 10.9 Å². The fraction of sp³-hybridized carbons (Fsp3) is 0.500. The Morgan fingerprint density at radius 3 is 2.43 bits per heavy atom. The summed E-state index contributed by atoms with van der Waals surface area (Å²) in [7, 11) is 0. The maximum Gasteiger partial charge on any atom is 0.273 e. The van der Waals surface area contributed by atoms with Crippen LogP contribution in [0.15, 0.2) is 16.7 Å². The molecule has 0 saturated heterocycles. The monoisotopic (exact) mass is 293 g/mol. The van der Waals surface area contributed by atoms with Gasteiger partial charge >= 0.3 is 0 Å². The molecular weight excluding hydrogens is 276 g/mol. The van der Waals surface area contributed by atoms with Crippen LogP contribution in [0.5, 0.6) is 0 Å². The summed E-state index contributed by atoms with van der Waals surface area (Å²) in [6.07, 6.45) is 3.83. The minimum Gasteiger partial charge on any atom is -0.550 e. The molecule has 0 spiro atoms. The largest absolute Gasteiger partial charge is 0.550 e. The number of amides is 2. The van der Waals surface area contributed by atoms with Crippen LogP contribution in [0.4, 0.5) is 0 Å². The standard InChI is InChI=1S/C14H18N2O5/c1-8-9(6-7-21-8)12(17)15-16-13(18)10-4-2-3-5-11(10)14(19)20/h6-7,10-11H,2-5H2,1H3,(H,15,17)(H,16,18)(H,19,20)/p-1/t10-,11+/m0/s1. The Morgan fingerprint density at radius 1 is 1.19 bits per heavy atom. The smallest absolute Gasteiger partial charge is 0.273 e. The number of furan rings is 1. The van der Waals surface area contributed by atoms with Gasteiger partial charge in [0.25, 0.3) is 5.91 Å². The SMILES string of the molecule is Cc1occc1C(=O)NNC(=O)[C@H]1CCCC[C@H]1C(=O)[O-]. The van der Waals surface area contributed by atoms with E-state index in [0.29, 0.717) is 24.2 Å². The van der Waals surface area contributed by atoms with E-state index in [1.54, 1.807) is 6.92 Å². The van der Waals surface area contributed by atoms with Crippen LogP contribution in [-0.2, 0) is 9.59 Å². The average molecular weight is 293 g/mol. The molecule has 0 aliphatic heterocycles. The fourth-order valence-electron chi connectivity index (χ4n) is 2.63. The van der Waals surface area contributed by atoms with E-state index in [-0.39, 0.29) is 0 Å². The molecular formula is C14H17N2O5-. The van der Waals surface area contributed by atoms with Gasteiger partial charge in [-0.25, -0.2) is 0 Å². The van der Waals surface area contributed by atoms with Crippen molar-refractivity contribution < 1.29 is 23.9 Å². The molecule has 1 heterocycles. The van der Waals surface area contributed by atoms with Crippen molar-refractivity contribution in [1.29, 1.82) is 0 Å². The lowest BCUT2D eigenvalue weighted by Gasteiger charge is -2.31. The third-order valence-corrected chi connectivity index (χ3v) is 3.81. The highest BCUT2D eigenvalue weighted by molar-refractivity contribution is 5.96. The Bertz CT molecular complexity index is 551. The summed E-state index contributed by atoms with van der Waals surface area (Å²) in [6.45, 7) is 1.63. The summed E-state index contributed by atoms with van der Waals surface area (Å²) in [4.78, 5) is 34.9. The number of aliphatic carboxylic acids is 1. The van der Waals surface area contributed by atoms with Crippen LogP contribution in [-0.4, -0.2) is 17.8 Å². The Labute approximate surface area is 121 Å². The minimum atomic E-state index is -1.22. The first kappa shape index (κ1) is 15.1. The van der Waals surface area contributed by atoms with Gasteiger partial charge in [-0.05, 0) is 25.8 Å². The summed E-state index contributed by atoms with van der Waals surface area (Å²) in [6, 6.07) is 1.49. The van der Waals surface area contributed by atoms with Gasteiger partial charge in [0.2, 0.25) is 5.91 Å². The molecule has 0 aromatic carbocycles. The number of carboxylic acid groups (broad SMARTS) is 1. The van der Waals surface area contributed by atoms with E-state index in [4.69, 9.17) is 4.42 Å². The van der Waals surface area contributed by atoms with Gasteiger partial charge in [-0.15, -0.1) is 0 Å². The first-order valence-corrected chi connectivity index (χ1v) is 6.86. The second kappa shape index (κ2) is 6.43. The van der Waals surface area contributed by atoms with Crippen LogP contribution in [0.25, 0.3) is 0 Å². The Hall–Kier alpha value is -2.31.